The van der Waals surface area contributed by atoms with Crippen molar-refractivity contribution in [2.75, 3.05) is 13.1 Å². The Bertz CT molecular complexity index is 557. The molecule has 0 fully saturated rings. The number of azide groups is 1. The molecule has 0 aliphatic heterocycles. The molecule has 1 N–H and O–H groups in total. The quantitative estimate of drug-likeness (QED) is 0.206. The zero-order valence-corrected chi connectivity index (χ0v) is 10.5. The van der Waals surface area contributed by atoms with Crippen molar-refractivity contribution in [1.82, 2.24) is 5.32 Å². The van der Waals surface area contributed by atoms with Crippen LogP contribution in [0.3, 0.4) is 0 Å². The maximum atomic E-state index is 13.0. The van der Waals surface area contributed by atoms with Crippen molar-refractivity contribution >= 4 is 11.6 Å². The summed E-state index contributed by atoms with van der Waals surface area (Å²) in [6.45, 7) is 0.569. The number of benzene rings is 1. The summed E-state index contributed by atoms with van der Waals surface area (Å²) in [5.74, 6) is -1.43. The monoisotopic (exact) mass is 281 g/mol. The lowest BCUT2D eigenvalue weighted by Gasteiger charge is -2.05. The SMILES string of the molecule is [N-]=[N+]=NCCCCNC(=O)c1cc(F)ccc1[N+](=O)[O-]. The molecule has 0 radical (unpaired) electrons. The highest BCUT2D eigenvalue weighted by atomic mass is 19.1. The fraction of sp³-hybridized carbons (Fsp3) is 0.364. The van der Waals surface area contributed by atoms with Crippen LogP contribution in [0.5, 0.6) is 0 Å². The third-order valence-corrected chi connectivity index (χ3v) is 2.43. The minimum Gasteiger partial charge on any atom is -0.352 e. The Morgan fingerprint density at radius 3 is 2.90 bits per heavy atom. The molecule has 0 saturated carbocycles. The minimum absolute atomic E-state index is 0.257. The summed E-state index contributed by atoms with van der Waals surface area (Å²) in [5, 5.41) is 16.5. The Morgan fingerprint density at radius 2 is 2.25 bits per heavy atom. The van der Waals surface area contributed by atoms with E-state index in [1.165, 1.54) is 0 Å². The lowest BCUT2D eigenvalue weighted by atomic mass is 10.1. The molecule has 1 rings (SSSR count). The first-order chi connectivity index (χ1) is 9.56. The molecule has 20 heavy (non-hydrogen) atoms. The van der Waals surface area contributed by atoms with Crippen LogP contribution in [-0.2, 0) is 0 Å². The molecule has 9 heteroatoms. The Balaban J connectivity index is 2.61. The van der Waals surface area contributed by atoms with E-state index in [1.54, 1.807) is 0 Å². The largest absolute Gasteiger partial charge is 0.352 e. The Morgan fingerprint density at radius 1 is 1.50 bits per heavy atom. The summed E-state index contributed by atoms with van der Waals surface area (Å²) in [6.07, 6.45) is 1.13. The molecule has 1 amide bonds. The molecule has 1 aromatic rings. The molecule has 0 heterocycles. The smallest absolute Gasteiger partial charge is 0.282 e. The number of carbonyl (C=O) groups is 1. The second-order valence-corrected chi connectivity index (χ2v) is 3.84. The fourth-order valence-electron chi connectivity index (χ4n) is 1.50. The van der Waals surface area contributed by atoms with Crippen LogP contribution in [0.2, 0.25) is 0 Å². The van der Waals surface area contributed by atoms with Gasteiger partial charge in [0.15, 0.2) is 0 Å². The van der Waals surface area contributed by atoms with Crippen LogP contribution >= 0.6 is 0 Å². The van der Waals surface area contributed by atoms with Crippen molar-refractivity contribution in [3.63, 3.8) is 0 Å². The van der Waals surface area contributed by atoms with Gasteiger partial charge in [0.1, 0.15) is 11.4 Å². The van der Waals surface area contributed by atoms with Gasteiger partial charge in [0.2, 0.25) is 0 Å². The number of hydrogen-bond donors (Lipinski definition) is 1. The molecule has 0 saturated heterocycles. The van der Waals surface area contributed by atoms with Crippen LogP contribution in [0, 0.1) is 15.9 Å². The van der Waals surface area contributed by atoms with Gasteiger partial charge in [0.25, 0.3) is 11.6 Å². The summed E-state index contributed by atoms with van der Waals surface area (Å²) in [4.78, 5) is 24.3. The second kappa shape index (κ2) is 7.70. The Hall–Kier alpha value is -2.67. The zero-order valence-electron chi connectivity index (χ0n) is 10.5. The highest BCUT2D eigenvalue weighted by Crippen LogP contribution is 2.19. The topological polar surface area (TPSA) is 121 Å². The molecule has 0 aromatic heterocycles. The van der Waals surface area contributed by atoms with Gasteiger partial charge in [-0.1, -0.05) is 5.11 Å². The molecular weight excluding hydrogens is 269 g/mol. The standard InChI is InChI=1S/C11H12FN5O3/c12-8-3-4-10(17(19)20)9(7-8)11(18)14-5-1-2-6-15-16-13/h3-4,7H,1-2,5-6H2,(H,14,18). The molecule has 0 spiro atoms. The number of halogens is 1. The number of carbonyl (C=O) groups excluding carboxylic acids is 1. The predicted molar refractivity (Wildman–Crippen MR) is 68.6 cm³/mol. The van der Waals surface area contributed by atoms with Crippen LogP contribution < -0.4 is 5.32 Å². The number of rotatable bonds is 7. The molecule has 0 bridgehead atoms. The number of amides is 1. The van der Waals surface area contributed by atoms with Crippen molar-refractivity contribution in [3.05, 3.63) is 50.1 Å². The molecule has 0 unspecified atom stereocenters. The van der Waals surface area contributed by atoms with E-state index in [2.05, 4.69) is 15.3 Å². The van der Waals surface area contributed by atoms with Gasteiger partial charge < -0.3 is 5.32 Å². The normalized spacial score (nSPS) is 9.65. The van der Waals surface area contributed by atoms with Crippen LogP contribution in [-0.4, -0.2) is 23.9 Å². The van der Waals surface area contributed by atoms with E-state index in [4.69, 9.17) is 5.53 Å². The summed E-state index contributed by atoms with van der Waals surface area (Å²) < 4.78 is 13.0. The Labute approximate surface area is 113 Å². The van der Waals surface area contributed by atoms with Crippen LogP contribution in [0.15, 0.2) is 23.3 Å². The summed E-state index contributed by atoms with van der Waals surface area (Å²) >= 11 is 0. The van der Waals surface area contributed by atoms with E-state index in [1.807, 2.05) is 0 Å². The molecule has 106 valence electrons. The highest BCUT2D eigenvalue weighted by Gasteiger charge is 2.20. The van der Waals surface area contributed by atoms with E-state index in [0.29, 0.717) is 19.4 Å². The lowest BCUT2D eigenvalue weighted by Crippen LogP contribution is -2.25. The van der Waals surface area contributed by atoms with Crippen molar-refractivity contribution < 1.29 is 14.1 Å². The fourth-order valence-corrected chi connectivity index (χ4v) is 1.50. The van der Waals surface area contributed by atoms with Gasteiger partial charge in [-0.25, -0.2) is 4.39 Å². The average Bonchev–Trinajstić information content (AvgIpc) is 2.42. The van der Waals surface area contributed by atoms with Crippen LogP contribution in [0.1, 0.15) is 23.2 Å². The van der Waals surface area contributed by atoms with Gasteiger partial charge in [0, 0.05) is 24.1 Å². The molecule has 0 aliphatic carbocycles. The summed E-state index contributed by atoms with van der Waals surface area (Å²) in [7, 11) is 0. The number of nitrogens with zero attached hydrogens (tertiary/aromatic N) is 4. The van der Waals surface area contributed by atoms with Gasteiger partial charge in [-0.15, -0.1) is 0 Å². The maximum Gasteiger partial charge on any atom is 0.282 e. The zero-order chi connectivity index (χ0) is 15.0. The highest BCUT2D eigenvalue weighted by molar-refractivity contribution is 5.98. The van der Waals surface area contributed by atoms with Gasteiger partial charge >= 0.3 is 0 Å². The first kappa shape index (κ1) is 15.4. The first-order valence-electron chi connectivity index (χ1n) is 5.79. The third kappa shape index (κ3) is 4.54. The first-order valence-corrected chi connectivity index (χ1v) is 5.79. The summed E-state index contributed by atoms with van der Waals surface area (Å²) in [6, 6.07) is 2.70. The van der Waals surface area contributed by atoms with E-state index >= 15 is 0 Å². The second-order valence-electron chi connectivity index (χ2n) is 3.84. The van der Waals surface area contributed by atoms with Gasteiger partial charge in [-0.05, 0) is 30.5 Å². The van der Waals surface area contributed by atoms with E-state index in [0.717, 1.165) is 18.2 Å². The third-order valence-electron chi connectivity index (χ3n) is 2.43. The molecule has 1 aromatic carbocycles. The van der Waals surface area contributed by atoms with Crippen molar-refractivity contribution in [2.45, 2.75) is 12.8 Å². The lowest BCUT2D eigenvalue weighted by molar-refractivity contribution is -0.385. The van der Waals surface area contributed by atoms with Gasteiger partial charge in [0.05, 0.1) is 4.92 Å². The number of hydrogen-bond acceptors (Lipinski definition) is 4. The number of nitro groups is 1. The van der Waals surface area contributed by atoms with Crippen molar-refractivity contribution in [2.24, 2.45) is 5.11 Å². The minimum atomic E-state index is -0.740. The van der Waals surface area contributed by atoms with E-state index in [9.17, 15) is 19.3 Å². The summed E-state index contributed by atoms with van der Waals surface area (Å²) in [5.41, 5.74) is 7.30. The number of unbranched alkanes of at least 4 members (excludes halogenated alkanes) is 1. The van der Waals surface area contributed by atoms with Crippen LogP contribution in [0.25, 0.3) is 10.4 Å². The van der Waals surface area contributed by atoms with E-state index < -0.39 is 22.3 Å². The Kier molecular flexibility index (Phi) is 5.92. The van der Waals surface area contributed by atoms with Crippen molar-refractivity contribution in [3.8, 4) is 0 Å². The molecular formula is C11H12FN5O3. The van der Waals surface area contributed by atoms with Gasteiger partial charge in [-0.3, -0.25) is 14.9 Å². The van der Waals surface area contributed by atoms with Crippen LogP contribution in [0.4, 0.5) is 10.1 Å². The molecule has 0 aliphatic rings. The number of nitrogens with one attached hydrogen (secondary N) is 1. The van der Waals surface area contributed by atoms with Gasteiger partial charge in [-0.2, -0.15) is 0 Å². The molecule has 0 atom stereocenters. The van der Waals surface area contributed by atoms with E-state index in [-0.39, 0.29) is 12.1 Å². The average molecular weight is 281 g/mol. The predicted octanol–water partition coefficient (Wildman–Crippen LogP) is 2.55. The van der Waals surface area contributed by atoms with Crippen molar-refractivity contribution in [1.29, 1.82) is 0 Å². The maximum absolute atomic E-state index is 13.0. The molecule has 8 nitrogen and oxygen atoms in total. The number of nitro benzene ring substituents is 1.